The van der Waals surface area contributed by atoms with Crippen LogP contribution in [0.1, 0.15) is 71.7 Å². The molecule has 0 spiro atoms. The zero-order chi connectivity index (χ0) is 30.3. The molecule has 5 rings (SSSR count). The first-order valence-corrected chi connectivity index (χ1v) is 14.8. The van der Waals surface area contributed by atoms with Crippen molar-refractivity contribution in [3.63, 3.8) is 0 Å². The number of thiophene rings is 1. The first kappa shape index (κ1) is 29.9. The molecular weight excluding hydrogens is 552 g/mol. The molecule has 11 heteroatoms. The van der Waals surface area contributed by atoms with Crippen LogP contribution in [0.5, 0.6) is 0 Å². The Bertz CT molecular complexity index is 1320. The molecule has 1 aliphatic heterocycles. The lowest BCUT2D eigenvalue weighted by atomic mass is 9.43. The standard InChI is InChI=1S/C30H38O10S/c1-14-10-20-29(13-37-20,40-17(4)32)23-25(39-26(35)18-8-9-41-12-18)30(36)11-19(33)15(2)21(27(30,5)6)22(38-16(3)31)24(34)28(14,23)7/h8-9,12,14,19-20,22-23,25,33,36H,10-11,13H2,1-7H3/t14-,19?,20?,22?,23?,25?,28+,29?,30?/m0/s1. The molecule has 224 valence electrons. The van der Waals surface area contributed by atoms with Crippen molar-refractivity contribution in [2.45, 2.75) is 96.9 Å². The third-order valence-corrected chi connectivity index (χ3v) is 11.1. The zero-order valence-electron chi connectivity index (χ0n) is 24.4. The fraction of sp³-hybridized carbons (Fsp3) is 0.667. The van der Waals surface area contributed by atoms with Gasteiger partial charge < -0.3 is 29.2 Å². The van der Waals surface area contributed by atoms with Gasteiger partial charge >= 0.3 is 17.9 Å². The maximum atomic E-state index is 14.9. The number of carbonyl (C=O) groups excluding carboxylic acids is 4. The van der Waals surface area contributed by atoms with Crippen LogP contribution >= 0.6 is 11.3 Å². The van der Waals surface area contributed by atoms with Gasteiger partial charge in [0.2, 0.25) is 0 Å². The highest BCUT2D eigenvalue weighted by molar-refractivity contribution is 7.08. The first-order chi connectivity index (χ1) is 19.0. The fourth-order valence-corrected chi connectivity index (χ4v) is 8.63. The van der Waals surface area contributed by atoms with E-state index in [1.54, 1.807) is 44.5 Å². The molecule has 10 nitrogen and oxygen atoms in total. The number of hydrogen-bond donors (Lipinski definition) is 2. The second-order valence-corrected chi connectivity index (χ2v) is 13.6. The lowest BCUT2D eigenvalue weighted by molar-refractivity contribution is -0.340. The summed E-state index contributed by atoms with van der Waals surface area (Å²) >= 11 is 1.30. The Balaban J connectivity index is 1.84. The summed E-state index contributed by atoms with van der Waals surface area (Å²) in [5.74, 6) is -4.04. The van der Waals surface area contributed by atoms with Gasteiger partial charge in [0.15, 0.2) is 17.5 Å². The Morgan fingerprint density at radius 3 is 2.34 bits per heavy atom. The van der Waals surface area contributed by atoms with Gasteiger partial charge in [-0.1, -0.05) is 27.7 Å². The lowest BCUT2D eigenvalue weighted by Gasteiger charge is -2.68. The van der Waals surface area contributed by atoms with Gasteiger partial charge in [-0.15, -0.1) is 0 Å². The summed E-state index contributed by atoms with van der Waals surface area (Å²) in [7, 11) is 0. The molecule has 1 saturated heterocycles. The Morgan fingerprint density at radius 2 is 1.80 bits per heavy atom. The highest BCUT2D eigenvalue weighted by atomic mass is 32.1. The Hall–Kier alpha value is -2.60. The van der Waals surface area contributed by atoms with Crippen LogP contribution in [0.3, 0.4) is 0 Å². The third-order valence-electron chi connectivity index (χ3n) is 10.4. The van der Waals surface area contributed by atoms with E-state index < -0.39 is 82.0 Å². The maximum absolute atomic E-state index is 14.9. The molecule has 4 aliphatic rings. The average Bonchev–Trinajstić information content (AvgIpc) is 3.41. The van der Waals surface area contributed by atoms with Gasteiger partial charge in [0.1, 0.15) is 17.8 Å². The van der Waals surface area contributed by atoms with Crippen LogP contribution < -0.4 is 0 Å². The number of Topliss-reactive ketones (excluding diaryl/α,β-unsaturated/α-hetero) is 1. The van der Waals surface area contributed by atoms with Gasteiger partial charge in [0, 0.05) is 36.5 Å². The van der Waals surface area contributed by atoms with E-state index in [2.05, 4.69) is 0 Å². The predicted molar refractivity (Wildman–Crippen MR) is 146 cm³/mol. The Labute approximate surface area is 243 Å². The normalized spacial score (nSPS) is 41.1. The predicted octanol–water partition coefficient (Wildman–Crippen LogP) is 2.99. The number of rotatable bonds is 4. The molecule has 2 saturated carbocycles. The highest BCUT2D eigenvalue weighted by Gasteiger charge is 2.77. The molecule has 1 aromatic heterocycles. The Morgan fingerprint density at radius 1 is 1.12 bits per heavy atom. The number of carbonyl (C=O) groups is 4. The van der Waals surface area contributed by atoms with Crippen molar-refractivity contribution in [3.05, 3.63) is 33.5 Å². The molecule has 2 bridgehead atoms. The van der Waals surface area contributed by atoms with E-state index in [1.165, 1.54) is 25.2 Å². The number of esters is 3. The van der Waals surface area contributed by atoms with Crippen molar-refractivity contribution in [2.24, 2.45) is 22.7 Å². The van der Waals surface area contributed by atoms with Gasteiger partial charge in [-0.25, -0.2) is 4.79 Å². The minimum absolute atomic E-state index is 0.0803. The van der Waals surface area contributed by atoms with Crippen LogP contribution in [-0.2, 0) is 33.3 Å². The summed E-state index contributed by atoms with van der Waals surface area (Å²) in [6.07, 6.45) is -4.62. The molecule has 3 aliphatic carbocycles. The molecule has 0 amide bonds. The number of ketones is 1. The van der Waals surface area contributed by atoms with Crippen molar-refractivity contribution in [1.82, 2.24) is 0 Å². The smallest absolute Gasteiger partial charge is 0.339 e. The van der Waals surface area contributed by atoms with E-state index in [-0.39, 0.29) is 24.2 Å². The highest BCUT2D eigenvalue weighted by Crippen LogP contribution is 2.65. The number of aliphatic hydroxyl groups is 2. The fourth-order valence-electron chi connectivity index (χ4n) is 8.01. The summed E-state index contributed by atoms with van der Waals surface area (Å²) in [6.45, 7) is 11.0. The van der Waals surface area contributed by atoms with Crippen molar-refractivity contribution >= 4 is 35.0 Å². The van der Waals surface area contributed by atoms with E-state index in [1.807, 2.05) is 6.92 Å². The largest absolute Gasteiger partial charge is 0.455 e. The first-order valence-electron chi connectivity index (χ1n) is 13.9. The van der Waals surface area contributed by atoms with Gasteiger partial charge in [0.05, 0.1) is 24.2 Å². The lowest BCUT2D eigenvalue weighted by Crippen LogP contribution is -2.80. The molecule has 0 radical (unpaired) electrons. The molecule has 0 aromatic carbocycles. The van der Waals surface area contributed by atoms with E-state index in [9.17, 15) is 29.4 Å². The topological polar surface area (TPSA) is 146 Å². The molecule has 9 atom stereocenters. The molecule has 1 aromatic rings. The number of fused-ring (bicyclic) bond motifs is 5. The maximum Gasteiger partial charge on any atom is 0.339 e. The van der Waals surface area contributed by atoms with E-state index in [0.29, 0.717) is 12.0 Å². The second-order valence-electron chi connectivity index (χ2n) is 12.8. The summed E-state index contributed by atoms with van der Waals surface area (Å²) in [6, 6.07) is 1.60. The Kier molecular flexibility index (Phi) is 7.08. The molecule has 3 fully saturated rings. The summed E-state index contributed by atoms with van der Waals surface area (Å²) in [4.78, 5) is 53.6. The number of ether oxygens (including phenoxy) is 4. The SMILES string of the molecule is CC(=O)OC1C(=O)[C@@]2(C)C(C(OC(=O)c3ccsc3)C3(O)CC(O)C(C)=C1C3(C)C)C1(OC(C)=O)COC1C[C@@H]2C. The minimum atomic E-state index is -1.98. The van der Waals surface area contributed by atoms with E-state index in [4.69, 9.17) is 18.9 Å². The van der Waals surface area contributed by atoms with Gasteiger partial charge in [0.25, 0.3) is 0 Å². The van der Waals surface area contributed by atoms with Crippen molar-refractivity contribution in [1.29, 1.82) is 0 Å². The van der Waals surface area contributed by atoms with Crippen LogP contribution in [0.2, 0.25) is 0 Å². The minimum Gasteiger partial charge on any atom is -0.455 e. The molecule has 2 heterocycles. The van der Waals surface area contributed by atoms with Crippen molar-refractivity contribution < 1.29 is 48.3 Å². The van der Waals surface area contributed by atoms with E-state index in [0.717, 1.165) is 0 Å². The van der Waals surface area contributed by atoms with Gasteiger partial charge in [-0.2, -0.15) is 11.3 Å². The van der Waals surface area contributed by atoms with Crippen LogP contribution in [0.25, 0.3) is 0 Å². The zero-order valence-corrected chi connectivity index (χ0v) is 25.2. The van der Waals surface area contributed by atoms with Crippen molar-refractivity contribution in [2.75, 3.05) is 6.61 Å². The molecular formula is C30H38O10S. The molecule has 41 heavy (non-hydrogen) atoms. The second kappa shape index (κ2) is 9.72. The average molecular weight is 591 g/mol. The summed E-state index contributed by atoms with van der Waals surface area (Å²) in [5.41, 5.74) is -5.22. The van der Waals surface area contributed by atoms with Crippen LogP contribution in [-0.4, -0.2) is 76.1 Å². The number of hydrogen-bond acceptors (Lipinski definition) is 11. The van der Waals surface area contributed by atoms with Crippen molar-refractivity contribution in [3.8, 4) is 0 Å². The summed E-state index contributed by atoms with van der Waals surface area (Å²) in [5, 5.41) is 27.5. The summed E-state index contributed by atoms with van der Waals surface area (Å²) < 4.78 is 23.9. The van der Waals surface area contributed by atoms with Crippen LogP contribution in [0, 0.1) is 22.7 Å². The monoisotopic (exact) mass is 590 g/mol. The van der Waals surface area contributed by atoms with Gasteiger partial charge in [-0.3, -0.25) is 14.4 Å². The quantitative estimate of drug-likeness (QED) is 0.305. The third kappa shape index (κ3) is 4.06. The van der Waals surface area contributed by atoms with Gasteiger partial charge in [-0.05, 0) is 41.9 Å². The molecule has 2 N–H and O–H groups in total. The molecule has 7 unspecified atom stereocenters. The van der Waals surface area contributed by atoms with Crippen LogP contribution in [0.15, 0.2) is 28.0 Å². The van der Waals surface area contributed by atoms with E-state index >= 15 is 0 Å². The van der Waals surface area contributed by atoms with Crippen LogP contribution in [0.4, 0.5) is 0 Å². The number of aliphatic hydroxyl groups excluding tert-OH is 1.